The second-order valence-electron chi connectivity index (χ2n) is 6.21. The number of nitrogens with zero attached hydrogens (tertiary/aromatic N) is 4. The Morgan fingerprint density at radius 1 is 1.11 bits per heavy atom. The van der Waals surface area contributed by atoms with Crippen molar-refractivity contribution in [3.63, 3.8) is 0 Å². The quantitative estimate of drug-likeness (QED) is 0.385. The van der Waals surface area contributed by atoms with Gasteiger partial charge in [0.05, 0.1) is 22.1 Å². The van der Waals surface area contributed by atoms with Crippen LogP contribution in [0, 0.1) is 25.0 Å². The third kappa shape index (κ3) is 4.36. The van der Waals surface area contributed by atoms with Crippen LogP contribution in [0.2, 0.25) is 0 Å². The summed E-state index contributed by atoms with van der Waals surface area (Å²) in [4.78, 5) is 27.4. The number of non-ortho nitro benzene ring substituents is 1. The number of benzene rings is 2. The van der Waals surface area contributed by atoms with Gasteiger partial charge in [0.15, 0.2) is 0 Å². The number of amides is 1. The molecule has 27 heavy (non-hydrogen) atoms. The zero-order chi connectivity index (χ0) is 19.4. The molecule has 1 saturated heterocycles. The number of carbonyl (C=O) groups is 1. The first-order valence-corrected chi connectivity index (χ1v) is 9.56. The molecule has 1 heterocycles. The standard InChI is InChI=1S/C19H17IN4O3/c20-18-7-6-16(24(26)27)12-17(18)19(25)23-9-1-8-22(10-11-23)15-4-2-14(13-21)3-5-15/h2-7,12H,1,8-11H2. The lowest BCUT2D eigenvalue weighted by Crippen LogP contribution is -2.35. The number of carbonyl (C=O) groups excluding carboxylic acids is 1. The average molecular weight is 476 g/mol. The molecule has 1 aliphatic heterocycles. The second kappa shape index (κ2) is 8.35. The number of nitro benzene ring substituents is 1. The summed E-state index contributed by atoms with van der Waals surface area (Å²) in [5.74, 6) is -0.176. The second-order valence-corrected chi connectivity index (χ2v) is 7.37. The number of hydrogen-bond donors (Lipinski definition) is 0. The van der Waals surface area contributed by atoms with Gasteiger partial charge < -0.3 is 9.80 Å². The molecule has 2 aromatic rings. The minimum absolute atomic E-state index is 0.0761. The van der Waals surface area contributed by atoms with E-state index in [4.69, 9.17) is 5.26 Å². The first kappa shape index (κ1) is 19.1. The third-order valence-corrected chi connectivity index (χ3v) is 5.48. The maximum Gasteiger partial charge on any atom is 0.270 e. The van der Waals surface area contributed by atoms with Crippen molar-refractivity contribution in [3.05, 3.63) is 67.3 Å². The smallest absolute Gasteiger partial charge is 0.270 e. The normalized spacial score (nSPS) is 14.4. The molecule has 0 atom stereocenters. The molecule has 0 saturated carbocycles. The van der Waals surface area contributed by atoms with Crippen LogP contribution in [0.5, 0.6) is 0 Å². The van der Waals surface area contributed by atoms with Gasteiger partial charge in [-0.2, -0.15) is 5.26 Å². The van der Waals surface area contributed by atoms with Gasteiger partial charge in [-0.3, -0.25) is 14.9 Å². The fraction of sp³-hybridized carbons (Fsp3) is 0.263. The van der Waals surface area contributed by atoms with Crippen LogP contribution in [0.3, 0.4) is 0 Å². The average Bonchev–Trinajstić information content (AvgIpc) is 2.94. The Labute approximate surface area is 170 Å². The Morgan fingerprint density at radius 2 is 1.85 bits per heavy atom. The fourth-order valence-corrected chi connectivity index (χ4v) is 3.65. The van der Waals surface area contributed by atoms with Gasteiger partial charge in [0, 0.05) is 47.6 Å². The molecule has 0 spiro atoms. The van der Waals surface area contributed by atoms with Gasteiger partial charge in [-0.15, -0.1) is 0 Å². The van der Waals surface area contributed by atoms with Gasteiger partial charge in [-0.1, -0.05) is 0 Å². The Bertz CT molecular complexity index is 908. The molecule has 0 aromatic heterocycles. The van der Waals surface area contributed by atoms with E-state index in [1.54, 1.807) is 23.1 Å². The molecule has 0 bridgehead atoms. The van der Waals surface area contributed by atoms with E-state index in [9.17, 15) is 14.9 Å². The highest BCUT2D eigenvalue weighted by atomic mass is 127. The van der Waals surface area contributed by atoms with E-state index < -0.39 is 4.92 Å². The molecule has 0 unspecified atom stereocenters. The molecule has 8 heteroatoms. The molecular formula is C19H17IN4O3. The molecule has 138 valence electrons. The van der Waals surface area contributed by atoms with E-state index in [0.717, 1.165) is 18.7 Å². The molecule has 3 rings (SSSR count). The molecule has 2 aromatic carbocycles. The number of hydrogen-bond acceptors (Lipinski definition) is 5. The first-order chi connectivity index (χ1) is 13.0. The van der Waals surface area contributed by atoms with Crippen LogP contribution in [0.25, 0.3) is 0 Å². The highest BCUT2D eigenvalue weighted by Gasteiger charge is 2.23. The van der Waals surface area contributed by atoms with Crippen molar-refractivity contribution < 1.29 is 9.72 Å². The molecule has 0 radical (unpaired) electrons. The van der Waals surface area contributed by atoms with Gasteiger partial charge in [0.25, 0.3) is 11.6 Å². The van der Waals surface area contributed by atoms with Crippen LogP contribution < -0.4 is 4.90 Å². The van der Waals surface area contributed by atoms with Gasteiger partial charge in [-0.05, 0) is 59.3 Å². The van der Waals surface area contributed by atoms with Crippen LogP contribution in [0.15, 0.2) is 42.5 Å². The minimum Gasteiger partial charge on any atom is -0.370 e. The predicted molar refractivity (Wildman–Crippen MR) is 110 cm³/mol. The summed E-state index contributed by atoms with van der Waals surface area (Å²) in [5, 5.41) is 19.9. The highest BCUT2D eigenvalue weighted by molar-refractivity contribution is 14.1. The van der Waals surface area contributed by atoms with Crippen LogP contribution in [-0.2, 0) is 0 Å². The summed E-state index contributed by atoms with van der Waals surface area (Å²) < 4.78 is 0.705. The summed E-state index contributed by atoms with van der Waals surface area (Å²) >= 11 is 2.03. The topological polar surface area (TPSA) is 90.5 Å². The molecule has 1 fully saturated rings. The van der Waals surface area contributed by atoms with Crippen LogP contribution in [-0.4, -0.2) is 41.9 Å². The molecule has 0 N–H and O–H groups in total. The predicted octanol–water partition coefficient (Wildman–Crippen LogP) is 3.42. The van der Waals surface area contributed by atoms with Crippen molar-refractivity contribution in [1.29, 1.82) is 5.26 Å². The lowest BCUT2D eigenvalue weighted by atomic mass is 10.1. The van der Waals surface area contributed by atoms with Crippen molar-refractivity contribution in [2.75, 3.05) is 31.1 Å². The van der Waals surface area contributed by atoms with Gasteiger partial charge in [0.1, 0.15) is 0 Å². The maximum absolute atomic E-state index is 12.9. The van der Waals surface area contributed by atoms with Crippen LogP contribution in [0.4, 0.5) is 11.4 Å². The van der Waals surface area contributed by atoms with E-state index in [2.05, 4.69) is 11.0 Å². The SMILES string of the molecule is N#Cc1ccc(N2CCCN(C(=O)c3cc([N+](=O)[O-])ccc3I)CC2)cc1. The van der Waals surface area contributed by atoms with Crippen molar-refractivity contribution >= 4 is 39.9 Å². The minimum atomic E-state index is -0.484. The Balaban J connectivity index is 1.74. The summed E-state index contributed by atoms with van der Waals surface area (Å²) in [6.07, 6.45) is 0.803. The van der Waals surface area contributed by atoms with E-state index in [-0.39, 0.29) is 11.6 Å². The lowest BCUT2D eigenvalue weighted by Gasteiger charge is -2.24. The Morgan fingerprint density at radius 3 is 2.52 bits per heavy atom. The highest BCUT2D eigenvalue weighted by Crippen LogP contribution is 2.23. The summed E-state index contributed by atoms with van der Waals surface area (Å²) in [7, 11) is 0. The zero-order valence-corrected chi connectivity index (χ0v) is 16.6. The fourth-order valence-electron chi connectivity index (χ4n) is 3.09. The van der Waals surface area contributed by atoms with Crippen molar-refractivity contribution in [2.45, 2.75) is 6.42 Å². The Kier molecular flexibility index (Phi) is 5.91. The number of nitriles is 1. The zero-order valence-electron chi connectivity index (χ0n) is 14.5. The van der Waals surface area contributed by atoms with Crippen molar-refractivity contribution in [1.82, 2.24) is 4.90 Å². The van der Waals surface area contributed by atoms with Crippen molar-refractivity contribution in [3.8, 4) is 6.07 Å². The Hall–Kier alpha value is -2.67. The third-order valence-electron chi connectivity index (χ3n) is 4.54. The van der Waals surface area contributed by atoms with E-state index in [0.29, 0.717) is 34.3 Å². The van der Waals surface area contributed by atoms with E-state index in [1.165, 1.54) is 12.1 Å². The van der Waals surface area contributed by atoms with Crippen molar-refractivity contribution in [2.24, 2.45) is 0 Å². The summed E-state index contributed by atoms with van der Waals surface area (Å²) in [6, 6.07) is 13.9. The maximum atomic E-state index is 12.9. The first-order valence-electron chi connectivity index (χ1n) is 8.48. The van der Waals surface area contributed by atoms with Gasteiger partial charge in [0.2, 0.25) is 0 Å². The summed E-state index contributed by atoms with van der Waals surface area (Å²) in [6.45, 7) is 2.62. The molecule has 7 nitrogen and oxygen atoms in total. The molecule has 1 aliphatic rings. The number of anilines is 1. The molecule has 0 aliphatic carbocycles. The van der Waals surface area contributed by atoms with E-state index >= 15 is 0 Å². The number of rotatable bonds is 3. The summed E-state index contributed by atoms with van der Waals surface area (Å²) in [5.41, 5.74) is 1.93. The molecule has 1 amide bonds. The monoisotopic (exact) mass is 476 g/mol. The molecular weight excluding hydrogens is 459 g/mol. The largest absolute Gasteiger partial charge is 0.370 e. The number of halogens is 1. The van der Waals surface area contributed by atoms with Crippen LogP contribution >= 0.6 is 22.6 Å². The van der Waals surface area contributed by atoms with Crippen LogP contribution in [0.1, 0.15) is 22.3 Å². The van der Waals surface area contributed by atoms with E-state index in [1.807, 2.05) is 34.7 Å². The lowest BCUT2D eigenvalue weighted by molar-refractivity contribution is -0.384. The number of nitro groups is 1. The van der Waals surface area contributed by atoms with Gasteiger partial charge in [-0.25, -0.2) is 0 Å². The van der Waals surface area contributed by atoms with Gasteiger partial charge >= 0.3 is 0 Å².